The number of aromatic nitrogens is 1. The Labute approximate surface area is 200 Å². The second-order valence-corrected chi connectivity index (χ2v) is 8.98. The number of benzene rings is 2. The van der Waals surface area contributed by atoms with Crippen LogP contribution in [-0.4, -0.2) is 17.1 Å². The lowest BCUT2D eigenvalue weighted by Gasteiger charge is -2.42. The normalized spacial score (nSPS) is 22.7. The van der Waals surface area contributed by atoms with Crippen LogP contribution >= 0.6 is 0 Å². The van der Waals surface area contributed by atoms with Gasteiger partial charge >= 0.3 is 0 Å². The Morgan fingerprint density at radius 3 is 2.79 bits per heavy atom. The lowest BCUT2D eigenvalue weighted by atomic mass is 9.82. The third kappa shape index (κ3) is 3.60. The monoisotopic (exact) mass is 443 g/mol. The Bertz CT molecular complexity index is 1360. The fourth-order valence-electron chi connectivity index (χ4n) is 5.37. The number of pyridine rings is 1. The van der Waals surface area contributed by atoms with Crippen LogP contribution in [0, 0.1) is 11.3 Å². The van der Waals surface area contributed by atoms with E-state index in [0.29, 0.717) is 11.6 Å². The predicted molar refractivity (Wildman–Crippen MR) is 135 cm³/mol. The highest BCUT2D eigenvalue weighted by atomic mass is 16.5. The minimum Gasteiger partial charge on any atom is -0.482 e. The number of nitriles is 1. The molecular weight excluding hydrogens is 418 g/mol. The average molecular weight is 444 g/mol. The smallest absolute Gasteiger partial charge is 0.144 e. The van der Waals surface area contributed by atoms with Crippen LogP contribution in [0.15, 0.2) is 97.2 Å². The van der Waals surface area contributed by atoms with E-state index in [0.717, 1.165) is 36.3 Å². The number of rotatable bonds is 3. The fourth-order valence-corrected chi connectivity index (χ4v) is 5.37. The molecule has 1 aromatic heterocycles. The van der Waals surface area contributed by atoms with Crippen LogP contribution in [-0.2, 0) is 0 Å². The van der Waals surface area contributed by atoms with Gasteiger partial charge in [0.25, 0.3) is 0 Å². The number of anilines is 2. The van der Waals surface area contributed by atoms with Crippen molar-refractivity contribution in [3.05, 3.63) is 114 Å². The number of para-hydroxylation sites is 2. The number of fused-ring (bicyclic) bond motifs is 2. The van der Waals surface area contributed by atoms with Gasteiger partial charge in [-0.25, -0.2) is 4.98 Å². The Morgan fingerprint density at radius 2 is 1.91 bits per heavy atom. The van der Waals surface area contributed by atoms with Gasteiger partial charge in [0.05, 0.1) is 11.7 Å². The third-order valence-electron chi connectivity index (χ3n) is 7.03. The number of allylic oxidation sites excluding steroid dienone is 4. The van der Waals surface area contributed by atoms with Crippen LogP contribution in [0.4, 0.5) is 11.4 Å². The van der Waals surface area contributed by atoms with Gasteiger partial charge in [-0.05, 0) is 78.3 Å². The molecule has 4 heteroatoms. The molecule has 0 amide bonds. The number of ether oxygens (including phenoxy) is 1. The molecule has 0 spiro atoms. The molecule has 3 aromatic rings. The van der Waals surface area contributed by atoms with Gasteiger partial charge < -0.3 is 9.64 Å². The lowest BCUT2D eigenvalue weighted by molar-refractivity contribution is 0.218. The molecule has 2 aliphatic carbocycles. The van der Waals surface area contributed by atoms with E-state index in [-0.39, 0.29) is 12.1 Å². The summed E-state index contributed by atoms with van der Waals surface area (Å²) >= 11 is 0. The van der Waals surface area contributed by atoms with E-state index < -0.39 is 0 Å². The molecule has 0 bridgehead atoms. The van der Waals surface area contributed by atoms with Crippen molar-refractivity contribution in [3.8, 4) is 11.8 Å². The van der Waals surface area contributed by atoms with Crippen molar-refractivity contribution >= 4 is 16.9 Å². The Kier molecular flexibility index (Phi) is 5.24. The summed E-state index contributed by atoms with van der Waals surface area (Å²) in [6, 6.07) is 23.5. The summed E-state index contributed by atoms with van der Waals surface area (Å²) in [4.78, 5) is 6.65. The molecule has 1 aliphatic heterocycles. The van der Waals surface area contributed by atoms with Crippen molar-refractivity contribution in [1.82, 2.24) is 4.98 Å². The van der Waals surface area contributed by atoms with Gasteiger partial charge in [0, 0.05) is 11.9 Å². The SMILES string of the molecule is N#Cc1ncccc1C1CC=C(c2cccc(N3c4ccccc4O[C@@H]4C=CC=CC43)c2)CC1. The van der Waals surface area contributed by atoms with E-state index in [9.17, 15) is 5.26 Å². The first-order chi connectivity index (χ1) is 16.8. The van der Waals surface area contributed by atoms with Gasteiger partial charge in [0.15, 0.2) is 0 Å². The second-order valence-electron chi connectivity index (χ2n) is 8.98. The zero-order chi connectivity index (χ0) is 22.9. The van der Waals surface area contributed by atoms with Crippen molar-refractivity contribution in [2.75, 3.05) is 4.90 Å². The summed E-state index contributed by atoms with van der Waals surface area (Å²) in [6.45, 7) is 0. The molecule has 3 aliphatic rings. The molecule has 0 saturated heterocycles. The summed E-state index contributed by atoms with van der Waals surface area (Å²) < 4.78 is 6.29. The van der Waals surface area contributed by atoms with Crippen LogP contribution in [0.1, 0.15) is 42.0 Å². The first-order valence-electron chi connectivity index (χ1n) is 11.9. The first kappa shape index (κ1) is 20.5. The molecular formula is C30H25N3O. The minimum atomic E-state index is -0.00739. The zero-order valence-electron chi connectivity index (χ0n) is 18.8. The largest absolute Gasteiger partial charge is 0.482 e. The molecule has 2 heterocycles. The van der Waals surface area contributed by atoms with E-state index >= 15 is 0 Å². The van der Waals surface area contributed by atoms with Gasteiger partial charge in [-0.2, -0.15) is 5.26 Å². The Balaban J connectivity index is 1.32. The maximum Gasteiger partial charge on any atom is 0.144 e. The minimum absolute atomic E-state index is 0.00739. The molecule has 0 radical (unpaired) electrons. The number of nitrogens with zero attached hydrogens (tertiary/aromatic N) is 3. The fraction of sp³-hybridized carbons (Fsp3) is 0.200. The summed E-state index contributed by atoms with van der Waals surface area (Å²) in [7, 11) is 0. The van der Waals surface area contributed by atoms with Gasteiger partial charge in [0.2, 0.25) is 0 Å². The third-order valence-corrected chi connectivity index (χ3v) is 7.03. The van der Waals surface area contributed by atoms with Crippen molar-refractivity contribution in [2.45, 2.75) is 37.3 Å². The summed E-state index contributed by atoms with van der Waals surface area (Å²) in [5, 5.41) is 9.44. The van der Waals surface area contributed by atoms with Gasteiger partial charge in [0.1, 0.15) is 23.6 Å². The second kappa shape index (κ2) is 8.68. The lowest BCUT2D eigenvalue weighted by Crippen LogP contribution is -2.46. The number of hydrogen-bond acceptors (Lipinski definition) is 4. The van der Waals surface area contributed by atoms with Crippen molar-refractivity contribution in [1.29, 1.82) is 5.26 Å². The Hall–Kier alpha value is -4.10. The highest BCUT2D eigenvalue weighted by Crippen LogP contribution is 2.44. The quantitative estimate of drug-likeness (QED) is 0.452. The summed E-state index contributed by atoms with van der Waals surface area (Å²) in [5.74, 6) is 1.26. The predicted octanol–water partition coefficient (Wildman–Crippen LogP) is 6.70. The Morgan fingerprint density at radius 1 is 1.00 bits per heavy atom. The van der Waals surface area contributed by atoms with E-state index in [1.807, 2.05) is 24.3 Å². The maximum absolute atomic E-state index is 9.44. The average Bonchev–Trinajstić information content (AvgIpc) is 2.92. The molecule has 166 valence electrons. The molecule has 0 fully saturated rings. The molecule has 6 rings (SSSR count). The molecule has 0 N–H and O–H groups in total. The van der Waals surface area contributed by atoms with Gasteiger partial charge in [-0.15, -0.1) is 0 Å². The van der Waals surface area contributed by atoms with E-state index in [2.05, 4.69) is 82.7 Å². The standard InChI is InChI=1S/C30H25N3O/c31-20-26-25(9-6-18-32-26)22-16-14-21(15-17-22)23-7-5-8-24(19-23)33-27-10-1-3-12-29(27)34-30-13-4-2-11-28(30)33/h1-14,18-19,22,27,29H,15-17H2/t22?,27?,29-/m1/s1. The van der Waals surface area contributed by atoms with E-state index in [1.165, 1.54) is 16.8 Å². The highest BCUT2D eigenvalue weighted by molar-refractivity contribution is 5.77. The van der Waals surface area contributed by atoms with Crippen LogP contribution < -0.4 is 9.64 Å². The van der Waals surface area contributed by atoms with Crippen LogP contribution in [0.2, 0.25) is 0 Å². The topological polar surface area (TPSA) is 49.2 Å². The number of hydrogen-bond donors (Lipinski definition) is 0. The molecule has 2 aromatic carbocycles. The molecule has 4 nitrogen and oxygen atoms in total. The summed E-state index contributed by atoms with van der Waals surface area (Å²) in [5.41, 5.74) is 6.53. The highest BCUT2D eigenvalue weighted by Gasteiger charge is 2.34. The van der Waals surface area contributed by atoms with Crippen LogP contribution in [0.3, 0.4) is 0 Å². The van der Waals surface area contributed by atoms with Crippen molar-refractivity contribution in [3.63, 3.8) is 0 Å². The molecule has 2 unspecified atom stereocenters. The van der Waals surface area contributed by atoms with E-state index in [4.69, 9.17) is 4.74 Å². The van der Waals surface area contributed by atoms with Crippen LogP contribution in [0.25, 0.3) is 5.57 Å². The molecule has 34 heavy (non-hydrogen) atoms. The van der Waals surface area contributed by atoms with Crippen molar-refractivity contribution < 1.29 is 4.74 Å². The van der Waals surface area contributed by atoms with Gasteiger partial charge in [-0.1, -0.05) is 54.6 Å². The van der Waals surface area contributed by atoms with Crippen LogP contribution in [0.5, 0.6) is 5.75 Å². The maximum atomic E-state index is 9.44. The molecule has 0 saturated carbocycles. The van der Waals surface area contributed by atoms with Gasteiger partial charge in [-0.3, -0.25) is 0 Å². The van der Waals surface area contributed by atoms with E-state index in [1.54, 1.807) is 6.20 Å². The zero-order valence-corrected chi connectivity index (χ0v) is 18.8. The first-order valence-corrected chi connectivity index (χ1v) is 11.9. The summed E-state index contributed by atoms with van der Waals surface area (Å²) in [6.07, 6.45) is 15.5. The van der Waals surface area contributed by atoms with Crippen molar-refractivity contribution in [2.24, 2.45) is 0 Å². The molecule has 3 atom stereocenters.